The Labute approximate surface area is 137 Å². The topological polar surface area (TPSA) is 99.3 Å². The van der Waals surface area contributed by atoms with Gasteiger partial charge < -0.3 is 5.73 Å². The van der Waals surface area contributed by atoms with Gasteiger partial charge in [0.1, 0.15) is 6.20 Å². The molecule has 7 nitrogen and oxygen atoms in total. The summed E-state index contributed by atoms with van der Waals surface area (Å²) in [5, 5.41) is 13.9. The number of halogens is 5. The molecule has 1 aromatic rings. The van der Waals surface area contributed by atoms with Gasteiger partial charge in [-0.25, -0.2) is 0 Å². The van der Waals surface area contributed by atoms with Crippen LogP contribution in [0.4, 0.5) is 27.1 Å². The van der Waals surface area contributed by atoms with E-state index < -0.39 is 53.2 Å². The lowest BCUT2D eigenvalue weighted by Crippen LogP contribution is -2.23. The summed E-state index contributed by atoms with van der Waals surface area (Å²) in [6.07, 6.45) is -4.73. The molecule has 1 heterocycles. The summed E-state index contributed by atoms with van der Waals surface area (Å²) in [4.78, 5) is 9.63. The van der Waals surface area contributed by atoms with Crippen LogP contribution >= 0.6 is 12.3 Å². The summed E-state index contributed by atoms with van der Waals surface area (Å²) in [6.45, 7) is 1.51. The Morgan fingerprint density at radius 2 is 2.25 bits per heavy atom. The van der Waals surface area contributed by atoms with Gasteiger partial charge in [0, 0.05) is 11.8 Å². The fraction of sp³-hybridized carbons (Fsp3) is 0.455. The molecule has 1 rings (SSSR count). The highest BCUT2D eigenvalue weighted by Gasteiger charge is 2.34. The van der Waals surface area contributed by atoms with Gasteiger partial charge in [-0.2, -0.15) is 22.0 Å². The third-order valence-corrected chi connectivity index (χ3v) is 3.25. The maximum Gasteiger partial charge on any atom is 0.394 e. The maximum absolute atomic E-state index is 13.4. The van der Waals surface area contributed by atoms with E-state index in [1.165, 1.54) is 6.92 Å². The van der Waals surface area contributed by atoms with E-state index in [1.807, 2.05) is 0 Å². The first kappa shape index (κ1) is 19.9. The van der Waals surface area contributed by atoms with Crippen molar-refractivity contribution in [1.29, 1.82) is 0 Å². The van der Waals surface area contributed by atoms with Crippen molar-refractivity contribution in [3.05, 3.63) is 34.0 Å². The molecular weight excluding hydrogens is 361 g/mol. The molecule has 13 heteroatoms. The summed E-state index contributed by atoms with van der Waals surface area (Å²) in [5.74, 6) is -1.40. The number of rotatable bonds is 7. The average molecular weight is 373 g/mol. The van der Waals surface area contributed by atoms with Gasteiger partial charge in [-0.05, 0) is 6.42 Å². The van der Waals surface area contributed by atoms with Gasteiger partial charge in [-0.15, -0.1) is 8.98 Å². The van der Waals surface area contributed by atoms with Crippen LogP contribution < -0.4 is 5.73 Å². The Morgan fingerprint density at radius 3 is 2.62 bits per heavy atom. The van der Waals surface area contributed by atoms with Gasteiger partial charge in [0.05, 0.1) is 23.1 Å². The van der Waals surface area contributed by atoms with E-state index in [1.54, 1.807) is 0 Å². The van der Waals surface area contributed by atoms with E-state index in [9.17, 15) is 31.6 Å². The van der Waals surface area contributed by atoms with E-state index in [-0.39, 0.29) is 12.0 Å². The van der Waals surface area contributed by atoms with Crippen molar-refractivity contribution in [2.75, 3.05) is 0 Å². The fourth-order valence-corrected chi connectivity index (χ4v) is 2.26. The normalized spacial score (nSPS) is 14.8. The van der Waals surface area contributed by atoms with Crippen LogP contribution in [0.5, 0.6) is 0 Å². The molecule has 0 spiro atoms. The highest BCUT2D eigenvalue weighted by Crippen LogP contribution is 2.31. The molecule has 2 N–H and O–H groups in total. The van der Waals surface area contributed by atoms with Gasteiger partial charge in [0.2, 0.25) is 0 Å². The molecule has 0 saturated carbocycles. The fourth-order valence-electron chi connectivity index (χ4n) is 2.01. The first-order valence-corrected chi connectivity index (χ1v) is 7.04. The van der Waals surface area contributed by atoms with Crippen LogP contribution in [-0.2, 0) is 0 Å². The molecule has 0 bridgehead atoms. The summed E-state index contributed by atoms with van der Waals surface area (Å²) in [6, 6.07) is -1.09. The predicted molar refractivity (Wildman–Crippen MR) is 77.2 cm³/mol. The van der Waals surface area contributed by atoms with Crippen molar-refractivity contribution in [1.82, 2.24) is 9.78 Å². The molecule has 0 aliphatic rings. The lowest BCUT2D eigenvalue weighted by Gasteiger charge is -2.20. The summed E-state index contributed by atoms with van der Waals surface area (Å²) in [7, 11) is 0. The van der Waals surface area contributed by atoms with Crippen molar-refractivity contribution in [2.24, 2.45) is 10.1 Å². The predicted octanol–water partition coefficient (Wildman–Crippen LogP) is 3.65. The van der Waals surface area contributed by atoms with Crippen molar-refractivity contribution in [3.8, 4) is 0 Å². The molecule has 24 heavy (non-hydrogen) atoms. The molecule has 1 atom stereocenters. The van der Waals surface area contributed by atoms with Crippen molar-refractivity contribution >= 4 is 23.7 Å². The van der Waals surface area contributed by atoms with E-state index in [2.05, 4.69) is 9.50 Å². The number of hydrogen-bond donors (Lipinski definition) is 1. The van der Waals surface area contributed by atoms with Gasteiger partial charge >= 0.3 is 17.8 Å². The third kappa shape index (κ3) is 4.91. The van der Waals surface area contributed by atoms with Crippen LogP contribution in [0, 0.1) is 16.1 Å². The van der Waals surface area contributed by atoms with Crippen LogP contribution in [0.2, 0.25) is 0 Å². The Bertz CT molecular complexity index is 658. The van der Waals surface area contributed by atoms with Gasteiger partial charge in [0.15, 0.2) is 12.3 Å². The lowest BCUT2D eigenvalue weighted by molar-refractivity contribution is -0.387. The molecule has 0 saturated heterocycles. The number of nitro groups is 1. The summed E-state index contributed by atoms with van der Waals surface area (Å²) < 4.78 is 67.5. The molecule has 134 valence electrons. The smallest absolute Gasteiger partial charge is 0.394 e. The van der Waals surface area contributed by atoms with E-state index in [4.69, 9.17) is 5.73 Å². The first-order chi connectivity index (χ1) is 11.1. The van der Waals surface area contributed by atoms with Crippen molar-refractivity contribution < 1.29 is 26.4 Å². The monoisotopic (exact) mass is 373 g/mol. The highest BCUT2D eigenvalue weighted by atomic mass is 32.2. The van der Waals surface area contributed by atoms with Crippen LogP contribution in [0.3, 0.4) is 0 Å². The Balaban J connectivity index is 3.30. The number of alkyl halides is 3. The zero-order chi connectivity index (χ0) is 18.5. The Hall–Kier alpha value is -2.18. The lowest BCUT2D eigenvalue weighted by atomic mass is 9.98. The second-order valence-electron chi connectivity index (χ2n) is 4.49. The number of nitrogens with two attached hydrogens (primary N) is 1. The van der Waals surface area contributed by atoms with Gasteiger partial charge in [0.25, 0.3) is 0 Å². The zero-order valence-electron chi connectivity index (χ0n) is 12.1. The minimum Gasteiger partial charge on any atom is -0.404 e. The van der Waals surface area contributed by atoms with E-state index in [0.717, 1.165) is 17.1 Å². The van der Waals surface area contributed by atoms with Crippen LogP contribution in [0.25, 0.3) is 0 Å². The minimum atomic E-state index is -4.69. The standard InChI is InChI=1S/C11H12F5N5O2S/c1-2-8(20-5-9(21(22)23)10(12)18-20)6(4-17)7(19-24-16)3-11(13,14)15/h4-5,8H,2-3,17H2,1H3/b6-4+,19-7+. The molecule has 0 aromatic carbocycles. The van der Waals surface area contributed by atoms with Crippen LogP contribution in [0.1, 0.15) is 25.8 Å². The molecule has 0 fully saturated rings. The molecular formula is C11H12F5N5O2S. The van der Waals surface area contributed by atoms with Crippen LogP contribution in [-0.4, -0.2) is 26.6 Å². The largest absolute Gasteiger partial charge is 0.404 e. The molecule has 1 aromatic heterocycles. The quantitative estimate of drug-likeness (QED) is 0.259. The van der Waals surface area contributed by atoms with Crippen molar-refractivity contribution in [2.45, 2.75) is 32.0 Å². The molecule has 0 aliphatic carbocycles. The molecule has 1 unspecified atom stereocenters. The summed E-state index contributed by atoms with van der Waals surface area (Å²) >= 11 is -0.690. The second kappa shape index (κ2) is 8.08. The summed E-state index contributed by atoms with van der Waals surface area (Å²) in [5.41, 5.74) is 3.40. The first-order valence-electron chi connectivity index (χ1n) is 6.37. The second-order valence-corrected chi connectivity index (χ2v) is 4.81. The van der Waals surface area contributed by atoms with E-state index in [0.29, 0.717) is 0 Å². The number of allylic oxidation sites excluding steroid dienone is 1. The average Bonchev–Trinajstić information content (AvgIpc) is 2.84. The molecule has 0 radical (unpaired) electrons. The SMILES string of the molecule is CCC(C(=C/N)/C(CC(F)(F)F)=N/SF)n1cc([N+](=O)[O-])c(F)n1. The van der Waals surface area contributed by atoms with Crippen LogP contribution in [0.15, 0.2) is 22.4 Å². The number of aromatic nitrogens is 2. The van der Waals surface area contributed by atoms with Gasteiger partial charge in [-0.3, -0.25) is 14.8 Å². The highest BCUT2D eigenvalue weighted by molar-refractivity contribution is 7.93. The van der Waals surface area contributed by atoms with E-state index >= 15 is 0 Å². The number of hydrogen-bond acceptors (Lipinski definition) is 6. The third-order valence-electron chi connectivity index (χ3n) is 2.96. The van der Waals surface area contributed by atoms with Gasteiger partial charge in [-0.1, -0.05) is 6.92 Å². The molecule has 0 amide bonds. The Morgan fingerprint density at radius 1 is 1.62 bits per heavy atom. The maximum atomic E-state index is 13.4. The molecule has 0 aliphatic heterocycles. The Kier molecular flexibility index (Phi) is 6.69. The zero-order valence-corrected chi connectivity index (χ0v) is 12.9. The van der Waals surface area contributed by atoms with Crippen molar-refractivity contribution in [3.63, 3.8) is 0 Å². The minimum absolute atomic E-state index is 0.0507. The number of nitrogens with zero attached hydrogens (tertiary/aromatic N) is 4.